The fraction of sp³-hybridized carbons (Fsp3) is 0.200. The van der Waals surface area contributed by atoms with Gasteiger partial charge in [0.25, 0.3) is 0 Å². The molecule has 0 saturated heterocycles. The van der Waals surface area contributed by atoms with E-state index in [9.17, 15) is 5.11 Å². The summed E-state index contributed by atoms with van der Waals surface area (Å²) >= 11 is 0. The van der Waals surface area contributed by atoms with Crippen LogP contribution in [0.15, 0.2) is 103 Å². The molecule has 168 valence electrons. The molecule has 0 aliphatic heterocycles. The highest BCUT2D eigenvalue weighted by Crippen LogP contribution is 2.47. The van der Waals surface area contributed by atoms with Crippen molar-refractivity contribution in [2.24, 2.45) is 0 Å². The van der Waals surface area contributed by atoms with E-state index in [1.165, 1.54) is 0 Å². The maximum absolute atomic E-state index is 12.6. The second kappa shape index (κ2) is 10.4. The molecular weight excluding hydrogens is 408 g/mol. The first-order valence-corrected chi connectivity index (χ1v) is 11.4. The number of ether oxygens (including phenoxy) is 2. The van der Waals surface area contributed by atoms with Gasteiger partial charge in [0.1, 0.15) is 17.1 Å². The number of methoxy groups -OCH3 is 1. The van der Waals surface area contributed by atoms with E-state index in [0.29, 0.717) is 29.2 Å². The van der Waals surface area contributed by atoms with Crippen molar-refractivity contribution in [3.63, 3.8) is 0 Å². The number of hydrogen-bond donors (Lipinski definition) is 1. The Labute approximate surface area is 196 Å². The summed E-state index contributed by atoms with van der Waals surface area (Å²) in [5, 5.41) is 12.6. The third-order valence-corrected chi connectivity index (χ3v) is 5.92. The van der Waals surface area contributed by atoms with Crippen LogP contribution in [0.25, 0.3) is 11.1 Å². The molecule has 0 spiro atoms. The topological polar surface area (TPSA) is 38.7 Å². The van der Waals surface area contributed by atoms with Crippen LogP contribution in [0.2, 0.25) is 0 Å². The van der Waals surface area contributed by atoms with Gasteiger partial charge in [-0.05, 0) is 23.6 Å². The van der Waals surface area contributed by atoms with E-state index in [2.05, 4.69) is 19.1 Å². The van der Waals surface area contributed by atoms with Crippen molar-refractivity contribution in [2.45, 2.75) is 25.4 Å². The van der Waals surface area contributed by atoms with Crippen LogP contribution in [0.3, 0.4) is 0 Å². The molecule has 0 saturated carbocycles. The van der Waals surface area contributed by atoms with Gasteiger partial charge in [-0.2, -0.15) is 0 Å². The quantitative estimate of drug-likeness (QED) is 0.230. The molecule has 0 fully saturated rings. The van der Waals surface area contributed by atoms with Gasteiger partial charge in [0.2, 0.25) is 0 Å². The molecule has 1 unspecified atom stereocenters. The highest BCUT2D eigenvalue weighted by Gasteiger charge is 2.39. The Kier molecular flexibility index (Phi) is 7.11. The smallest absolute Gasteiger partial charge is 0.147 e. The molecule has 0 aromatic heterocycles. The van der Waals surface area contributed by atoms with Crippen molar-refractivity contribution in [1.82, 2.24) is 0 Å². The standard InChI is InChI=1S/C30H30O3/c1-3-4-22-33-29-25(23-14-7-5-8-15-23)18-13-20-27(29)30(31,24-16-9-6-10-17-24)26-19-11-12-21-28(26)32-2/h5-21,31H,3-4,22H2,1-2H3. The lowest BCUT2D eigenvalue weighted by Gasteiger charge is -2.33. The zero-order chi connectivity index (χ0) is 23.1. The fourth-order valence-electron chi connectivity index (χ4n) is 4.22. The summed E-state index contributed by atoms with van der Waals surface area (Å²) < 4.78 is 12.1. The Morgan fingerprint density at radius 3 is 2.06 bits per heavy atom. The molecule has 0 aliphatic rings. The molecule has 3 heteroatoms. The van der Waals surface area contributed by atoms with Gasteiger partial charge in [-0.15, -0.1) is 0 Å². The molecule has 4 aromatic rings. The summed E-state index contributed by atoms with van der Waals surface area (Å²) in [6.07, 6.45) is 1.96. The second-order valence-corrected chi connectivity index (χ2v) is 8.03. The monoisotopic (exact) mass is 438 g/mol. The zero-order valence-electron chi connectivity index (χ0n) is 19.2. The Morgan fingerprint density at radius 2 is 1.36 bits per heavy atom. The average molecular weight is 439 g/mol. The SMILES string of the molecule is CCCCOc1c(-c2ccccc2)cccc1C(O)(c1ccccc1)c1ccccc1OC. The largest absolute Gasteiger partial charge is 0.496 e. The molecule has 0 aliphatic carbocycles. The van der Waals surface area contributed by atoms with Crippen molar-refractivity contribution in [1.29, 1.82) is 0 Å². The lowest BCUT2D eigenvalue weighted by atomic mass is 9.78. The average Bonchev–Trinajstić information content (AvgIpc) is 2.89. The van der Waals surface area contributed by atoms with Crippen LogP contribution >= 0.6 is 0 Å². The summed E-state index contributed by atoms with van der Waals surface area (Å²) in [4.78, 5) is 0. The Hall–Kier alpha value is -3.56. The molecule has 1 N–H and O–H groups in total. The van der Waals surface area contributed by atoms with E-state index in [0.717, 1.165) is 29.5 Å². The van der Waals surface area contributed by atoms with Crippen LogP contribution in [0.4, 0.5) is 0 Å². The number of para-hydroxylation sites is 2. The summed E-state index contributed by atoms with van der Waals surface area (Å²) in [6.45, 7) is 2.71. The van der Waals surface area contributed by atoms with E-state index in [-0.39, 0.29) is 0 Å². The first-order valence-electron chi connectivity index (χ1n) is 11.4. The maximum atomic E-state index is 12.6. The van der Waals surface area contributed by atoms with Crippen LogP contribution in [-0.4, -0.2) is 18.8 Å². The molecule has 3 nitrogen and oxygen atoms in total. The van der Waals surface area contributed by atoms with Crippen molar-refractivity contribution in [3.8, 4) is 22.6 Å². The van der Waals surface area contributed by atoms with Gasteiger partial charge in [0, 0.05) is 16.7 Å². The van der Waals surface area contributed by atoms with Crippen LogP contribution in [0, 0.1) is 0 Å². The van der Waals surface area contributed by atoms with E-state index in [1.807, 2.05) is 91.0 Å². The van der Waals surface area contributed by atoms with Crippen LogP contribution in [-0.2, 0) is 5.60 Å². The summed E-state index contributed by atoms with van der Waals surface area (Å²) in [7, 11) is 1.63. The van der Waals surface area contributed by atoms with Crippen LogP contribution < -0.4 is 9.47 Å². The minimum Gasteiger partial charge on any atom is -0.496 e. The zero-order valence-corrected chi connectivity index (χ0v) is 19.2. The van der Waals surface area contributed by atoms with E-state index in [1.54, 1.807) is 7.11 Å². The highest BCUT2D eigenvalue weighted by molar-refractivity contribution is 5.74. The molecule has 0 heterocycles. The lowest BCUT2D eigenvalue weighted by Crippen LogP contribution is -2.30. The number of rotatable bonds is 9. The van der Waals surface area contributed by atoms with Crippen LogP contribution in [0.5, 0.6) is 11.5 Å². The van der Waals surface area contributed by atoms with Gasteiger partial charge in [-0.3, -0.25) is 0 Å². The minimum atomic E-state index is -1.47. The Balaban J connectivity index is 2.01. The third kappa shape index (κ3) is 4.50. The van der Waals surface area contributed by atoms with Crippen molar-refractivity contribution in [3.05, 3.63) is 120 Å². The Bertz CT molecular complexity index is 1170. The molecule has 0 bridgehead atoms. The number of unbranched alkanes of at least 4 members (excludes halogenated alkanes) is 1. The minimum absolute atomic E-state index is 0.574. The first kappa shape index (κ1) is 22.6. The molecule has 4 aromatic carbocycles. The maximum Gasteiger partial charge on any atom is 0.147 e. The molecule has 33 heavy (non-hydrogen) atoms. The van der Waals surface area contributed by atoms with Crippen molar-refractivity contribution in [2.75, 3.05) is 13.7 Å². The Morgan fingerprint density at radius 1 is 0.727 bits per heavy atom. The van der Waals surface area contributed by atoms with Crippen molar-refractivity contribution < 1.29 is 14.6 Å². The van der Waals surface area contributed by atoms with Gasteiger partial charge >= 0.3 is 0 Å². The second-order valence-electron chi connectivity index (χ2n) is 8.03. The molecule has 4 rings (SSSR count). The third-order valence-electron chi connectivity index (χ3n) is 5.92. The van der Waals surface area contributed by atoms with Gasteiger partial charge in [-0.25, -0.2) is 0 Å². The predicted octanol–water partition coefficient (Wildman–Crippen LogP) is 6.83. The summed E-state index contributed by atoms with van der Waals surface area (Å²) in [5.41, 5.74) is 2.63. The summed E-state index contributed by atoms with van der Waals surface area (Å²) in [5.74, 6) is 1.31. The van der Waals surface area contributed by atoms with Gasteiger partial charge in [-0.1, -0.05) is 110 Å². The van der Waals surface area contributed by atoms with E-state index in [4.69, 9.17) is 9.47 Å². The van der Waals surface area contributed by atoms with E-state index < -0.39 is 5.60 Å². The molecular formula is C30H30O3. The molecule has 0 radical (unpaired) electrons. The lowest BCUT2D eigenvalue weighted by molar-refractivity contribution is 0.117. The summed E-state index contributed by atoms with van der Waals surface area (Å²) in [6, 6.07) is 33.5. The molecule has 0 amide bonds. The fourth-order valence-corrected chi connectivity index (χ4v) is 4.22. The number of benzene rings is 4. The van der Waals surface area contributed by atoms with E-state index >= 15 is 0 Å². The number of aliphatic hydroxyl groups is 1. The first-order chi connectivity index (χ1) is 16.2. The number of hydrogen-bond acceptors (Lipinski definition) is 3. The molecule has 1 atom stereocenters. The van der Waals surface area contributed by atoms with Crippen molar-refractivity contribution >= 4 is 0 Å². The van der Waals surface area contributed by atoms with Gasteiger partial charge in [0.15, 0.2) is 0 Å². The normalized spacial score (nSPS) is 12.7. The van der Waals surface area contributed by atoms with Crippen LogP contribution in [0.1, 0.15) is 36.5 Å². The highest BCUT2D eigenvalue weighted by atomic mass is 16.5. The van der Waals surface area contributed by atoms with Gasteiger partial charge < -0.3 is 14.6 Å². The predicted molar refractivity (Wildman–Crippen MR) is 134 cm³/mol. The van der Waals surface area contributed by atoms with Gasteiger partial charge in [0.05, 0.1) is 13.7 Å².